The Hall–Kier alpha value is -2.22. The molecular formula is C21H29F2N3O3. The number of amides is 2. The van der Waals surface area contributed by atoms with Crippen LogP contribution in [0.3, 0.4) is 0 Å². The second-order valence-electron chi connectivity index (χ2n) is 7.66. The minimum atomic E-state index is -2.92. The summed E-state index contributed by atoms with van der Waals surface area (Å²) >= 11 is 0. The van der Waals surface area contributed by atoms with Crippen LogP contribution in [-0.4, -0.2) is 67.5 Å². The average molecular weight is 409 g/mol. The molecule has 160 valence electrons. The highest BCUT2D eigenvalue weighted by Crippen LogP contribution is 2.27. The van der Waals surface area contributed by atoms with Gasteiger partial charge in [0.25, 0.3) is 0 Å². The van der Waals surface area contributed by atoms with Gasteiger partial charge in [-0.2, -0.15) is 8.78 Å². The molecule has 1 N–H and O–H groups in total. The van der Waals surface area contributed by atoms with E-state index >= 15 is 0 Å². The molecule has 0 aromatic heterocycles. The normalized spacial score (nSPS) is 18.2. The van der Waals surface area contributed by atoms with E-state index in [0.717, 1.165) is 51.9 Å². The molecule has 2 aliphatic rings. The van der Waals surface area contributed by atoms with Crippen molar-refractivity contribution >= 4 is 11.8 Å². The molecule has 2 amide bonds. The van der Waals surface area contributed by atoms with Crippen LogP contribution in [0.5, 0.6) is 5.75 Å². The van der Waals surface area contributed by atoms with Gasteiger partial charge in [-0.3, -0.25) is 14.5 Å². The maximum atomic E-state index is 12.5. The van der Waals surface area contributed by atoms with Crippen molar-refractivity contribution in [2.75, 3.05) is 39.3 Å². The van der Waals surface area contributed by atoms with Crippen molar-refractivity contribution in [1.29, 1.82) is 0 Å². The highest BCUT2D eigenvalue weighted by atomic mass is 19.3. The number of alkyl halides is 2. The standard InChI is InChI=1S/C21H29F2N3O3/c22-21(23)29-18-8-4-3-7-17(18)15-19(27)24-9-10-25-11-13-26(14-12-25)20(28)16-5-1-2-6-16/h3-4,7-8,16,21H,1-2,5-6,9-15H2,(H,24,27). The van der Waals surface area contributed by atoms with Crippen LogP contribution in [0.4, 0.5) is 8.78 Å². The third kappa shape index (κ3) is 6.39. The van der Waals surface area contributed by atoms with Gasteiger partial charge in [-0.15, -0.1) is 0 Å². The summed E-state index contributed by atoms with van der Waals surface area (Å²) in [6, 6.07) is 6.32. The monoisotopic (exact) mass is 409 g/mol. The number of nitrogens with one attached hydrogen (secondary N) is 1. The molecule has 2 fully saturated rings. The van der Waals surface area contributed by atoms with Gasteiger partial charge in [0.15, 0.2) is 0 Å². The first-order chi connectivity index (χ1) is 14.0. The number of ether oxygens (including phenoxy) is 1. The van der Waals surface area contributed by atoms with Gasteiger partial charge < -0.3 is 15.0 Å². The zero-order valence-electron chi connectivity index (χ0n) is 16.6. The molecule has 0 bridgehead atoms. The van der Waals surface area contributed by atoms with Gasteiger partial charge in [0.2, 0.25) is 11.8 Å². The fourth-order valence-corrected chi connectivity index (χ4v) is 4.07. The smallest absolute Gasteiger partial charge is 0.387 e. The Morgan fingerprint density at radius 2 is 1.79 bits per heavy atom. The first-order valence-electron chi connectivity index (χ1n) is 10.3. The summed E-state index contributed by atoms with van der Waals surface area (Å²) in [5.74, 6) is 0.323. The molecule has 0 atom stereocenters. The molecular weight excluding hydrogens is 380 g/mol. The van der Waals surface area contributed by atoms with Crippen molar-refractivity contribution < 1.29 is 23.1 Å². The first kappa shape index (κ1) is 21.5. The molecule has 1 heterocycles. The SMILES string of the molecule is O=C(Cc1ccccc1OC(F)F)NCCN1CCN(C(=O)C2CCCC2)CC1. The molecule has 8 heteroatoms. The average Bonchev–Trinajstić information content (AvgIpc) is 3.24. The number of piperazine rings is 1. The van der Waals surface area contributed by atoms with E-state index in [0.29, 0.717) is 24.6 Å². The van der Waals surface area contributed by atoms with E-state index in [1.54, 1.807) is 18.2 Å². The predicted molar refractivity (Wildman–Crippen MR) is 105 cm³/mol. The van der Waals surface area contributed by atoms with Gasteiger partial charge in [0.05, 0.1) is 6.42 Å². The summed E-state index contributed by atoms with van der Waals surface area (Å²) < 4.78 is 29.4. The van der Waals surface area contributed by atoms with Crippen LogP contribution < -0.4 is 10.1 Å². The molecule has 1 aliphatic heterocycles. The number of carbonyl (C=O) groups is 2. The van der Waals surface area contributed by atoms with E-state index in [9.17, 15) is 18.4 Å². The highest BCUT2D eigenvalue weighted by molar-refractivity contribution is 5.79. The van der Waals surface area contributed by atoms with Gasteiger partial charge in [0, 0.05) is 50.7 Å². The second-order valence-corrected chi connectivity index (χ2v) is 7.66. The molecule has 1 saturated carbocycles. The quantitative estimate of drug-likeness (QED) is 0.716. The number of hydrogen-bond donors (Lipinski definition) is 1. The lowest BCUT2D eigenvalue weighted by atomic mass is 10.1. The zero-order chi connectivity index (χ0) is 20.6. The number of para-hydroxylation sites is 1. The highest BCUT2D eigenvalue weighted by Gasteiger charge is 2.29. The summed E-state index contributed by atoms with van der Waals surface area (Å²) in [6.45, 7) is 1.35. The van der Waals surface area contributed by atoms with Crippen molar-refractivity contribution in [3.63, 3.8) is 0 Å². The number of hydrogen-bond acceptors (Lipinski definition) is 4. The van der Waals surface area contributed by atoms with Crippen molar-refractivity contribution in [3.8, 4) is 5.75 Å². The van der Waals surface area contributed by atoms with Crippen molar-refractivity contribution in [2.24, 2.45) is 5.92 Å². The van der Waals surface area contributed by atoms with Crippen LogP contribution in [0.1, 0.15) is 31.2 Å². The minimum Gasteiger partial charge on any atom is -0.435 e. The Kier molecular flexibility index (Phi) is 7.80. The van der Waals surface area contributed by atoms with Crippen LogP contribution in [0.15, 0.2) is 24.3 Å². The molecule has 6 nitrogen and oxygen atoms in total. The number of halogens is 2. The lowest BCUT2D eigenvalue weighted by molar-refractivity contribution is -0.137. The van der Waals surface area contributed by atoms with Gasteiger partial charge in [-0.05, 0) is 18.9 Å². The van der Waals surface area contributed by atoms with E-state index in [-0.39, 0.29) is 24.0 Å². The second kappa shape index (κ2) is 10.5. The summed E-state index contributed by atoms with van der Waals surface area (Å²) in [4.78, 5) is 28.8. The topological polar surface area (TPSA) is 61.9 Å². The van der Waals surface area contributed by atoms with Gasteiger partial charge >= 0.3 is 6.61 Å². The third-order valence-electron chi connectivity index (χ3n) is 5.68. The predicted octanol–water partition coefficient (Wildman–Crippen LogP) is 2.28. The fraction of sp³-hybridized carbons (Fsp3) is 0.619. The fourth-order valence-electron chi connectivity index (χ4n) is 4.07. The molecule has 1 aromatic carbocycles. The van der Waals surface area contributed by atoms with E-state index in [4.69, 9.17) is 0 Å². The zero-order valence-corrected chi connectivity index (χ0v) is 16.6. The third-order valence-corrected chi connectivity index (χ3v) is 5.68. The molecule has 0 spiro atoms. The molecule has 0 radical (unpaired) electrons. The largest absolute Gasteiger partial charge is 0.435 e. The Balaban J connectivity index is 1.35. The Morgan fingerprint density at radius 1 is 1.10 bits per heavy atom. The minimum absolute atomic E-state index is 0.00738. The number of nitrogens with zero attached hydrogens (tertiary/aromatic N) is 2. The van der Waals surface area contributed by atoms with Crippen LogP contribution in [-0.2, 0) is 16.0 Å². The van der Waals surface area contributed by atoms with Crippen LogP contribution in [0.2, 0.25) is 0 Å². The summed E-state index contributed by atoms with van der Waals surface area (Å²) in [7, 11) is 0. The van der Waals surface area contributed by atoms with E-state index < -0.39 is 6.61 Å². The number of benzene rings is 1. The van der Waals surface area contributed by atoms with Crippen LogP contribution >= 0.6 is 0 Å². The first-order valence-corrected chi connectivity index (χ1v) is 10.3. The van der Waals surface area contributed by atoms with E-state index in [1.165, 1.54) is 6.07 Å². The van der Waals surface area contributed by atoms with Crippen molar-refractivity contribution in [1.82, 2.24) is 15.1 Å². The number of carbonyl (C=O) groups excluding carboxylic acids is 2. The van der Waals surface area contributed by atoms with Gasteiger partial charge in [0.1, 0.15) is 5.75 Å². The van der Waals surface area contributed by atoms with Crippen molar-refractivity contribution in [3.05, 3.63) is 29.8 Å². The Labute approximate surface area is 170 Å². The van der Waals surface area contributed by atoms with Gasteiger partial charge in [-0.1, -0.05) is 31.0 Å². The molecule has 1 aliphatic carbocycles. The Morgan fingerprint density at radius 3 is 2.48 bits per heavy atom. The molecule has 3 rings (SSSR count). The molecule has 0 unspecified atom stereocenters. The van der Waals surface area contributed by atoms with E-state index in [2.05, 4.69) is 15.0 Å². The van der Waals surface area contributed by atoms with E-state index in [1.807, 2.05) is 4.90 Å². The maximum absolute atomic E-state index is 12.5. The molecule has 29 heavy (non-hydrogen) atoms. The lowest BCUT2D eigenvalue weighted by Gasteiger charge is -2.36. The van der Waals surface area contributed by atoms with Gasteiger partial charge in [-0.25, -0.2) is 0 Å². The summed E-state index contributed by atoms with van der Waals surface area (Å²) in [6.07, 6.45) is 4.36. The van der Waals surface area contributed by atoms with Crippen molar-refractivity contribution in [2.45, 2.75) is 38.7 Å². The summed E-state index contributed by atoms with van der Waals surface area (Å²) in [5, 5.41) is 2.83. The van der Waals surface area contributed by atoms with Crippen LogP contribution in [0.25, 0.3) is 0 Å². The maximum Gasteiger partial charge on any atom is 0.387 e. The molecule has 1 saturated heterocycles. The Bertz CT molecular complexity index is 688. The summed E-state index contributed by atoms with van der Waals surface area (Å²) in [5.41, 5.74) is 0.435. The molecule has 1 aromatic rings. The number of rotatable bonds is 8. The van der Waals surface area contributed by atoms with Crippen LogP contribution in [0, 0.1) is 5.92 Å². The lowest BCUT2D eigenvalue weighted by Crippen LogP contribution is -2.51.